The van der Waals surface area contributed by atoms with Crippen LogP contribution in [0, 0.1) is 5.92 Å². The van der Waals surface area contributed by atoms with E-state index in [2.05, 4.69) is 24.5 Å². The van der Waals surface area contributed by atoms with E-state index >= 15 is 0 Å². The molecule has 1 amide bonds. The van der Waals surface area contributed by atoms with E-state index in [1.54, 1.807) is 18.2 Å². The van der Waals surface area contributed by atoms with Crippen molar-refractivity contribution in [2.75, 3.05) is 13.1 Å². The molecule has 0 radical (unpaired) electrons. The van der Waals surface area contributed by atoms with Crippen molar-refractivity contribution in [3.05, 3.63) is 80.7 Å². The van der Waals surface area contributed by atoms with Gasteiger partial charge in [0, 0.05) is 29.6 Å². The number of halogens is 1. The molecular formula is C28H35ClN2O4. The summed E-state index contributed by atoms with van der Waals surface area (Å²) in [4.78, 5) is 25.4. The summed E-state index contributed by atoms with van der Waals surface area (Å²) in [5.41, 5.74) is 1.59. The minimum atomic E-state index is -0.531. The first kappa shape index (κ1) is 26.8. The van der Waals surface area contributed by atoms with Crippen LogP contribution in [0.5, 0.6) is 0 Å². The van der Waals surface area contributed by atoms with Gasteiger partial charge in [-0.2, -0.15) is 0 Å². The molecule has 3 aromatic rings. The molecule has 0 saturated heterocycles. The van der Waals surface area contributed by atoms with E-state index in [1.807, 2.05) is 51.1 Å². The standard InChI is InChI=1S/C28H35ClN2O4/c1-18(2)24(30-14-9-15-31-27(33)35-28(3,4)5)26-22(16-19-10-7-6-8-11-19)25(32)21-13-12-20(29)17-23(21)34-26/h6-8,10-13,17-18,24,30H,9,14-16H2,1-5H3,(H,31,33). The van der Waals surface area contributed by atoms with Crippen molar-refractivity contribution in [2.45, 2.75) is 59.1 Å². The van der Waals surface area contributed by atoms with Crippen LogP contribution in [0.2, 0.25) is 5.02 Å². The summed E-state index contributed by atoms with van der Waals surface area (Å²) in [5.74, 6) is 0.784. The minimum Gasteiger partial charge on any atom is -0.459 e. The number of amides is 1. The van der Waals surface area contributed by atoms with Crippen molar-refractivity contribution in [3.63, 3.8) is 0 Å². The summed E-state index contributed by atoms with van der Waals surface area (Å²) >= 11 is 6.20. The lowest BCUT2D eigenvalue weighted by molar-refractivity contribution is 0.0527. The summed E-state index contributed by atoms with van der Waals surface area (Å²) in [6.07, 6.45) is 0.739. The third-order valence-corrected chi connectivity index (χ3v) is 5.77. The highest BCUT2D eigenvalue weighted by atomic mass is 35.5. The number of hydrogen-bond donors (Lipinski definition) is 2. The van der Waals surface area contributed by atoms with Crippen LogP contribution in [0.1, 0.15) is 64.0 Å². The van der Waals surface area contributed by atoms with Gasteiger partial charge in [-0.1, -0.05) is 55.8 Å². The van der Waals surface area contributed by atoms with Crippen LogP contribution in [-0.4, -0.2) is 24.8 Å². The summed E-state index contributed by atoms with van der Waals surface area (Å²) in [5, 5.41) is 7.35. The molecule has 0 aliphatic heterocycles. The second kappa shape index (κ2) is 11.7. The number of nitrogens with one attached hydrogen (secondary N) is 2. The van der Waals surface area contributed by atoms with Gasteiger partial charge in [-0.25, -0.2) is 4.79 Å². The first-order valence-corrected chi connectivity index (χ1v) is 12.4. The third kappa shape index (κ3) is 7.58. The SMILES string of the molecule is CC(C)C(NCCCNC(=O)OC(C)(C)C)c1oc2cc(Cl)ccc2c(=O)c1Cc1ccccc1. The molecule has 0 spiro atoms. The van der Waals surface area contributed by atoms with E-state index in [9.17, 15) is 9.59 Å². The average molecular weight is 499 g/mol. The maximum absolute atomic E-state index is 13.6. The van der Waals surface area contributed by atoms with Gasteiger partial charge in [0.25, 0.3) is 0 Å². The van der Waals surface area contributed by atoms with E-state index < -0.39 is 11.7 Å². The molecular weight excluding hydrogens is 464 g/mol. The maximum Gasteiger partial charge on any atom is 0.407 e. The Balaban J connectivity index is 1.84. The van der Waals surface area contributed by atoms with Crippen LogP contribution in [0.3, 0.4) is 0 Å². The fourth-order valence-electron chi connectivity index (χ4n) is 3.92. The second-order valence-corrected chi connectivity index (χ2v) is 10.5. The van der Waals surface area contributed by atoms with Gasteiger partial charge in [-0.15, -0.1) is 0 Å². The summed E-state index contributed by atoms with van der Waals surface area (Å²) in [6, 6.07) is 14.8. The Kier molecular flexibility index (Phi) is 8.98. The highest BCUT2D eigenvalue weighted by Crippen LogP contribution is 2.29. The summed E-state index contributed by atoms with van der Waals surface area (Å²) in [6.45, 7) is 10.8. The molecule has 188 valence electrons. The molecule has 35 heavy (non-hydrogen) atoms. The zero-order valence-electron chi connectivity index (χ0n) is 21.1. The molecule has 1 unspecified atom stereocenters. The first-order valence-electron chi connectivity index (χ1n) is 12.0. The minimum absolute atomic E-state index is 0.0409. The lowest BCUT2D eigenvalue weighted by Gasteiger charge is -2.24. The Morgan fingerprint density at radius 3 is 2.46 bits per heavy atom. The lowest BCUT2D eigenvalue weighted by Crippen LogP contribution is -2.35. The molecule has 7 heteroatoms. The first-order chi connectivity index (χ1) is 16.5. The van der Waals surface area contributed by atoms with Gasteiger partial charge in [0.05, 0.1) is 11.4 Å². The largest absolute Gasteiger partial charge is 0.459 e. The van der Waals surface area contributed by atoms with Crippen molar-refractivity contribution >= 4 is 28.7 Å². The van der Waals surface area contributed by atoms with E-state index in [1.165, 1.54) is 0 Å². The molecule has 2 aromatic carbocycles. The highest BCUT2D eigenvalue weighted by Gasteiger charge is 2.25. The van der Waals surface area contributed by atoms with Crippen LogP contribution >= 0.6 is 11.6 Å². The number of rotatable bonds is 9. The average Bonchev–Trinajstić information content (AvgIpc) is 2.77. The smallest absolute Gasteiger partial charge is 0.407 e. The molecule has 1 atom stereocenters. The fraction of sp³-hybridized carbons (Fsp3) is 0.429. The van der Waals surface area contributed by atoms with Gasteiger partial charge >= 0.3 is 6.09 Å². The highest BCUT2D eigenvalue weighted by molar-refractivity contribution is 6.31. The molecule has 2 N–H and O–H groups in total. The van der Waals surface area contributed by atoms with Gasteiger partial charge in [0.1, 0.15) is 16.9 Å². The lowest BCUT2D eigenvalue weighted by atomic mass is 9.93. The van der Waals surface area contributed by atoms with Crippen LogP contribution < -0.4 is 16.1 Å². The van der Waals surface area contributed by atoms with Crippen LogP contribution in [0.25, 0.3) is 11.0 Å². The summed E-state index contributed by atoms with van der Waals surface area (Å²) in [7, 11) is 0. The van der Waals surface area contributed by atoms with Crippen molar-refractivity contribution in [1.29, 1.82) is 0 Å². The van der Waals surface area contributed by atoms with Gasteiger partial charge < -0.3 is 19.8 Å². The quantitative estimate of drug-likeness (QED) is 0.341. The number of ether oxygens (including phenoxy) is 1. The van der Waals surface area contributed by atoms with E-state index in [0.29, 0.717) is 53.2 Å². The Morgan fingerprint density at radius 2 is 1.80 bits per heavy atom. The fourth-order valence-corrected chi connectivity index (χ4v) is 4.09. The molecule has 0 bridgehead atoms. The Morgan fingerprint density at radius 1 is 1.09 bits per heavy atom. The Hall–Kier alpha value is -2.83. The number of carbonyl (C=O) groups excluding carboxylic acids is 1. The molecule has 3 rings (SSSR count). The van der Waals surface area contributed by atoms with E-state index in [0.717, 1.165) is 5.56 Å². The molecule has 0 fully saturated rings. The zero-order valence-corrected chi connectivity index (χ0v) is 21.9. The van der Waals surface area contributed by atoms with Crippen molar-refractivity contribution in [2.24, 2.45) is 5.92 Å². The molecule has 6 nitrogen and oxygen atoms in total. The predicted molar refractivity (Wildman–Crippen MR) is 141 cm³/mol. The topological polar surface area (TPSA) is 80.6 Å². The van der Waals surface area contributed by atoms with Gasteiger partial charge in [-0.05, 0) is 57.4 Å². The van der Waals surface area contributed by atoms with Crippen LogP contribution in [0.4, 0.5) is 4.79 Å². The van der Waals surface area contributed by atoms with E-state index in [4.69, 9.17) is 20.8 Å². The van der Waals surface area contributed by atoms with Gasteiger partial charge in [-0.3, -0.25) is 4.79 Å². The zero-order chi connectivity index (χ0) is 25.6. The second-order valence-electron chi connectivity index (χ2n) is 10.0. The van der Waals surface area contributed by atoms with Crippen molar-refractivity contribution in [1.82, 2.24) is 10.6 Å². The third-order valence-electron chi connectivity index (χ3n) is 5.54. The number of fused-ring (bicyclic) bond motifs is 1. The molecule has 1 aromatic heterocycles. The van der Waals surface area contributed by atoms with Crippen molar-refractivity contribution < 1.29 is 13.9 Å². The van der Waals surface area contributed by atoms with Gasteiger partial charge in [0.15, 0.2) is 5.43 Å². The molecule has 1 heterocycles. The number of carbonyl (C=O) groups is 1. The van der Waals surface area contributed by atoms with Crippen molar-refractivity contribution in [3.8, 4) is 0 Å². The summed E-state index contributed by atoms with van der Waals surface area (Å²) < 4.78 is 11.6. The van der Waals surface area contributed by atoms with Crippen LogP contribution in [0.15, 0.2) is 57.7 Å². The number of benzene rings is 2. The molecule has 0 aliphatic rings. The monoisotopic (exact) mass is 498 g/mol. The predicted octanol–water partition coefficient (Wildman–Crippen LogP) is 6.24. The normalized spacial score (nSPS) is 12.7. The maximum atomic E-state index is 13.6. The Labute approximate surface area is 212 Å². The van der Waals surface area contributed by atoms with Gasteiger partial charge in [0.2, 0.25) is 0 Å². The molecule has 0 saturated carbocycles. The van der Waals surface area contributed by atoms with E-state index in [-0.39, 0.29) is 17.4 Å². The number of alkyl carbamates (subject to hydrolysis) is 1. The molecule has 0 aliphatic carbocycles. The number of hydrogen-bond acceptors (Lipinski definition) is 5. The Bertz CT molecular complexity index is 1200. The van der Waals surface area contributed by atoms with Crippen LogP contribution in [-0.2, 0) is 11.2 Å².